The average Bonchev–Trinajstić information content (AvgIpc) is 3.45. The second kappa shape index (κ2) is 9.31. The van der Waals surface area contributed by atoms with Gasteiger partial charge >= 0.3 is 5.97 Å². The van der Waals surface area contributed by atoms with E-state index in [0.717, 1.165) is 18.3 Å². The molecule has 6 rings (SSSR count). The van der Waals surface area contributed by atoms with E-state index >= 15 is 0 Å². The molecule has 5 unspecified atom stereocenters. The standard InChI is InChI=1S/C29H42O10/c1-15-22(32)23(33)24(34)25(38-15)39-17-3-8-27(14-30)19-4-7-26(2)18(16-11-21(31)37-13-16)6-10-29(26,36)20(19)5-9-28(27,35)12-17/h11,14-15,17-20,22-25,32-36H,3-10,12-13H2,1-2H3/t15-,17?,18+,19?,20?,22+,23-,24-,25+,26-,27+,28?,29?/m1/s1. The molecule has 39 heavy (non-hydrogen) atoms. The summed E-state index contributed by atoms with van der Waals surface area (Å²) in [6.07, 6.45) is 0.689. The molecular weight excluding hydrogens is 508 g/mol. The minimum atomic E-state index is -1.43. The zero-order valence-corrected chi connectivity index (χ0v) is 22.7. The maximum absolute atomic E-state index is 13.0. The number of aliphatic hydroxyl groups is 5. The van der Waals surface area contributed by atoms with Crippen LogP contribution in [0.25, 0.3) is 0 Å². The van der Waals surface area contributed by atoms with Gasteiger partial charge in [-0.15, -0.1) is 0 Å². The molecule has 5 fully saturated rings. The molecule has 4 aliphatic carbocycles. The van der Waals surface area contributed by atoms with Crippen LogP contribution in [0.15, 0.2) is 11.6 Å². The van der Waals surface area contributed by atoms with E-state index in [2.05, 4.69) is 6.92 Å². The van der Waals surface area contributed by atoms with E-state index in [4.69, 9.17) is 14.2 Å². The van der Waals surface area contributed by atoms with Crippen molar-refractivity contribution in [2.24, 2.45) is 28.6 Å². The molecule has 4 saturated carbocycles. The lowest BCUT2D eigenvalue weighted by Gasteiger charge is -2.65. The van der Waals surface area contributed by atoms with Gasteiger partial charge in [-0.05, 0) is 81.6 Å². The summed E-state index contributed by atoms with van der Waals surface area (Å²) in [6, 6.07) is 0. The molecule has 10 heteroatoms. The molecular formula is C29H42O10. The number of fused-ring (bicyclic) bond motifs is 5. The van der Waals surface area contributed by atoms with Gasteiger partial charge in [0.1, 0.15) is 31.2 Å². The summed E-state index contributed by atoms with van der Waals surface area (Å²) in [5.74, 6) is -0.616. The molecule has 10 nitrogen and oxygen atoms in total. The van der Waals surface area contributed by atoms with Crippen LogP contribution in [0, 0.1) is 28.6 Å². The van der Waals surface area contributed by atoms with Crippen LogP contribution in [-0.4, -0.2) is 92.4 Å². The van der Waals surface area contributed by atoms with E-state index in [1.54, 1.807) is 13.0 Å². The molecule has 0 amide bonds. The molecule has 0 spiro atoms. The number of esters is 1. The Bertz CT molecular complexity index is 1050. The highest BCUT2D eigenvalue weighted by atomic mass is 16.7. The Hall–Kier alpha value is -1.40. The molecule has 2 aliphatic heterocycles. The minimum Gasteiger partial charge on any atom is -0.458 e. The molecule has 0 bridgehead atoms. The van der Waals surface area contributed by atoms with Gasteiger partial charge in [0.05, 0.1) is 28.8 Å². The number of ether oxygens (including phenoxy) is 3. The Morgan fingerprint density at radius 1 is 0.974 bits per heavy atom. The van der Waals surface area contributed by atoms with Gasteiger partial charge in [0.2, 0.25) is 0 Å². The Morgan fingerprint density at radius 3 is 2.41 bits per heavy atom. The predicted octanol–water partition coefficient (Wildman–Crippen LogP) is 0.750. The van der Waals surface area contributed by atoms with Crippen LogP contribution in [-0.2, 0) is 23.8 Å². The zero-order chi connectivity index (χ0) is 28.0. The van der Waals surface area contributed by atoms with Crippen LogP contribution < -0.4 is 0 Å². The van der Waals surface area contributed by atoms with Gasteiger partial charge < -0.3 is 44.5 Å². The van der Waals surface area contributed by atoms with Gasteiger partial charge in [-0.25, -0.2) is 4.79 Å². The van der Waals surface area contributed by atoms with Crippen molar-refractivity contribution < 1.29 is 49.3 Å². The third kappa shape index (κ3) is 3.78. The third-order valence-electron chi connectivity index (χ3n) is 12.0. The van der Waals surface area contributed by atoms with Crippen molar-refractivity contribution in [3.8, 4) is 0 Å². The SMILES string of the molecule is C[C@H]1O[C@@H](OC2CC[C@]3(C=O)C4CC[C@]5(C)[C@H](C6=CC(=O)OC6)CCC5(O)C4CCC3(O)C2)[C@H](O)[C@H](O)[C@H]1O. The molecule has 1 saturated heterocycles. The highest BCUT2D eigenvalue weighted by Gasteiger charge is 2.71. The molecule has 6 aliphatic rings. The highest BCUT2D eigenvalue weighted by Crippen LogP contribution is 2.70. The lowest BCUT2D eigenvalue weighted by Crippen LogP contribution is -2.69. The highest BCUT2D eigenvalue weighted by molar-refractivity contribution is 5.85. The van der Waals surface area contributed by atoms with Gasteiger partial charge in [0.15, 0.2) is 6.29 Å². The monoisotopic (exact) mass is 550 g/mol. The van der Waals surface area contributed by atoms with Crippen LogP contribution in [0.5, 0.6) is 0 Å². The number of hydrogen-bond acceptors (Lipinski definition) is 10. The molecule has 0 aromatic heterocycles. The molecule has 5 N–H and O–H groups in total. The van der Waals surface area contributed by atoms with E-state index < -0.39 is 58.8 Å². The summed E-state index contributed by atoms with van der Waals surface area (Å²) in [4.78, 5) is 24.8. The number of cyclic esters (lactones) is 1. The Morgan fingerprint density at radius 2 is 1.72 bits per heavy atom. The first-order valence-corrected chi connectivity index (χ1v) is 14.5. The van der Waals surface area contributed by atoms with Crippen molar-refractivity contribution in [2.45, 2.75) is 120 Å². The summed E-state index contributed by atoms with van der Waals surface area (Å²) in [6.45, 7) is 3.98. The first kappa shape index (κ1) is 27.8. The average molecular weight is 551 g/mol. The van der Waals surface area contributed by atoms with E-state index in [0.29, 0.717) is 44.9 Å². The number of aldehydes is 1. The van der Waals surface area contributed by atoms with Crippen LogP contribution in [0.1, 0.15) is 71.6 Å². The largest absolute Gasteiger partial charge is 0.458 e. The summed E-state index contributed by atoms with van der Waals surface area (Å²) in [5.41, 5.74) is -2.86. The maximum atomic E-state index is 13.0. The number of carbonyl (C=O) groups excluding carboxylic acids is 2. The topological polar surface area (TPSA) is 163 Å². The zero-order valence-electron chi connectivity index (χ0n) is 22.7. The number of carbonyl (C=O) groups is 2. The normalized spacial score (nSPS) is 55.2. The van der Waals surface area contributed by atoms with Crippen molar-refractivity contribution >= 4 is 12.3 Å². The summed E-state index contributed by atoms with van der Waals surface area (Å²) in [7, 11) is 0. The third-order valence-corrected chi connectivity index (χ3v) is 12.0. The van der Waals surface area contributed by atoms with Crippen LogP contribution in [0.3, 0.4) is 0 Å². The Labute approximate surface area is 228 Å². The predicted molar refractivity (Wildman–Crippen MR) is 135 cm³/mol. The van der Waals surface area contributed by atoms with E-state index in [1.165, 1.54) is 0 Å². The quantitative estimate of drug-likeness (QED) is 0.192. The second-order valence-electron chi connectivity index (χ2n) is 13.4. The molecule has 218 valence electrons. The van der Waals surface area contributed by atoms with E-state index in [9.17, 15) is 35.1 Å². The molecule has 13 atom stereocenters. The van der Waals surface area contributed by atoms with Crippen LogP contribution >= 0.6 is 0 Å². The molecule has 0 aromatic rings. The fourth-order valence-corrected chi connectivity index (χ4v) is 9.75. The van der Waals surface area contributed by atoms with Crippen LogP contribution in [0.4, 0.5) is 0 Å². The van der Waals surface area contributed by atoms with E-state index in [-0.39, 0.29) is 36.8 Å². The van der Waals surface area contributed by atoms with Gasteiger partial charge in [-0.2, -0.15) is 0 Å². The minimum absolute atomic E-state index is 0.0465. The van der Waals surface area contributed by atoms with Crippen molar-refractivity contribution in [2.75, 3.05) is 6.61 Å². The second-order valence-corrected chi connectivity index (χ2v) is 13.4. The van der Waals surface area contributed by atoms with Crippen molar-refractivity contribution in [3.05, 3.63) is 11.6 Å². The number of aliphatic hydroxyl groups excluding tert-OH is 3. The Kier molecular flexibility index (Phi) is 6.62. The van der Waals surface area contributed by atoms with Crippen molar-refractivity contribution in [3.63, 3.8) is 0 Å². The lowest BCUT2D eigenvalue weighted by atomic mass is 9.41. The number of rotatable bonds is 4. The maximum Gasteiger partial charge on any atom is 0.331 e. The smallest absolute Gasteiger partial charge is 0.331 e. The van der Waals surface area contributed by atoms with Gasteiger partial charge in [-0.3, -0.25) is 0 Å². The fourth-order valence-electron chi connectivity index (χ4n) is 9.75. The van der Waals surface area contributed by atoms with E-state index in [1.807, 2.05) is 0 Å². The molecule has 2 heterocycles. The summed E-state index contributed by atoms with van der Waals surface area (Å²) >= 11 is 0. The van der Waals surface area contributed by atoms with Gasteiger partial charge in [0, 0.05) is 17.9 Å². The van der Waals surface area contributed by atoms with Crippen molar-refractivity contribution in [1.29, 1.82) is 0 Å². The first-order valence-electron chi connectivity index (χ1n) is 14.5. The number of hydrogen-bond donors (Lipinski definition) is 5. The molecule has 0 aromatic carbocycles. The van der Waals surface area contributed by atoms with Crippen LogP contribution in [0.2, 0.25) is 0 Å². The Balaban J connectivity index is 1.22. The van der Waals surface area contributed by atoms with Crippen molar-refractivity contribution in [1.82, 2.24) is 0 Å². The first-order chi connectivity index (χ1) is 18.4. The molecule has 0 radical (unpaired) electrons. The van der Waals surface area contributed by atoms with Gasteiger partial charge in [-0.1, -0.05) is 6.92 Å². The lowest BCUT2D eigenvalue weighted by molar-refractivity contribution is -0.317. The summed E-state index contributed by atoms with van der Waals surface area (Å²) in [5, 5.41) is 55.0. The summed E-state index contributed by atoms with van der Waals surface area (Å²) < 4.78 is 16.9. The van der Waals surface area contributed by atoms with Gasteiger partial charge in [0.25, 0.3) is 0 Å². The fraction of sp³-hybridized carbons (Fsp3) is 0.862.